The highest BCUT2D eigenvalue weighted by atomic mass is 35.5. The Kier molecular flexibility index (Phi) is 4.96. The molecule has 5 rings (SSSR count). The van der Waals surface area contributed by atoms with Crippen LogP contribution in [0.2, 0.25) is 5.02 Å². The summed E-state index contributed by atoms with van der Waals surface area (Å²) in [6.45, 7) is 4.00. The summed E-state index contributed by atoms with van der Waals surface area (Å²) in [7, 11) is 0. The fourth-order valence-electron chi connectivity index (χ4n) is 4.03. The molecule has 0 aromatic carbocycles. The molecule has 2 N–H and O–H groups in total. The topological polar surface area (TPSA) is 109 Å². The van der Waals surface area contributed by atoms with Crippen molar-refractivity contribution in [1.82, 2.24) is 36.0 Å². The van der Waals surface area contributed by atoms with Gasteiger partial charge in [-0.05, 0) is 24.5 Å². The molecule has 4 atom stereocenters. The van der Waals surface area contributed by atoms with Crippen LogP contribution in [-0.2, 0) is 16.1 Å². The first kappa shape index (κ1) is 18.9. The first-order chi connectivity index (χ1) is 14.1. The maximum absolute atomic E-state index is 12.8. The van der Waals surface area contributed by atoms with Gasteiger partial charge in [-0.15, -0.1) is 0 Å². The molecule has 3 saturated heterocycles. The van der Waals surface area contributed by atoms with E-state index in [-0.39, 0.29) is 36.4 Å². The third-order valence-electron chi connectivity index (χ3n) is 5.65. The van der Waals surface area contributed by atoms with Gasteiger partial charge in [0.25, 0.3) is 0 Å². The average Bonchev–Trinajstić information content (AvgIpc) is 3.45. The number of amides is 1. The number of carbonyl (C=O) groups is 1. The Hall–Kier alpha value is -2.11. The Morgan fingerprint density at radius 2 is 2.24 bits per heavy atom. The fourth-order valence-corrected chi connectivity index (χ4v) is 4.14. The van der Waals surface area contributed by atoms with Crippen LogP contribution in [0.1, 0.15) is 42.8 Å². The number of halogens is 1. The number of fused-ring (bicyclic) bond motifs is 1. The molecule has 0 aliphatic carbocycles. The SMILES string of the molecule is CC1CNN2NCN(Cc3nc([C@@H]4CO[C@@H](c5ccc(Cl)cn5)C4)no3)C(=O)C12. The monoisotopic (exact) mass is 419 g/mol. The zero-order chi connectivity index (χ0) is 20.0. The number of ether oxygens (including phenoxy) is 1. The molecule has 10 nitrogen and oxygen atoms in total. The zero-order valence-corrected chi connectivity index (χ0v) is 16.7. The Morgan fingerprint density at radius 3 is 3.07 bits per heavy atom. The molecule has 3 fully saturated rings. The van der Waals surface area contributed by atoms with E-state index in [4.69, 9.17) is 20.9 Å². The number of nitrogens with zero attached hydrogens (tertiary/aromatic N) is 5. The Bertz CT molecular complexity index is 892. The number of nitrogens with one attached hydrogen (secondary N) is 2. The molecular weight excluding hydrogens is 398 g/mol. The van der Waals surface area contributed by atoms with Crippen LogP contribution in [-0.4, -0.2) is 56.9 Å². The van der Waals surface area contributed by atoms with Gasteiger partial charge in [0.2, 0.25) is 11.8 Å². The van der Waals surface area contributed by atoms with E-state index < -0.39 is 0 Å². The van der Waals surface area contributed by atoms with Crippen molar-refractivity contribution in [2.24, 2.45) is 5.92 Å². The van der Waals surface area contributed by atoms with Gasteiger partial charge in [-0.25, -0.2) is 10.9 Å². The lowest BCUT2D eigenvalue weighted by atomic mass is 10.0. The predicted molar refractivity (Wildman–Crippen MR) is 101 cm³/mol. The van der Waals surface area contributed by atoms with Gasteiger partial charge < -0.3 is 14.2 Å². The second-order valence-electron chi connectivity index (χ2n) is 7.71. The Morgan fingerprint density at radius 1 is 1.34 bits per heavy atom. The minimum absolute atomic E-state index is 0.0275. The van der Waals surface area contributed by atoms with Crippen molar-refractivity contribution in [3.8, 4) is 0 Å². The Labute approximate surface area is 172 Å². The molecule has 3 aliphatic rings. The van der Waals surface area contributed by atoms with Gasteiger partial charge in [-0.1, -0.05) is 23.7 Å². The molecule has 2 unspecified atom stereocenters. The van der Waals surface area contributed by atoms with E-state index in [1.807, 2.05) is 6.07 Å². The number of rotatable bonds is 4. The molecule has 0 bridgehead atoms. The van der Waals surface area contributed by atoms with Crippen molar-refractivity contribution in [3.05, 3.63) is 40.8 Å². The second-order valence-corrected chi connectivity index (χ2v) is 8.15. The van der Waals surface area contributed by atoms with Crippen molar-refractivity contribution < 1.29 is 14.1 Å². The first-order valence-electron chi connectivity index (χ1n) is 9.69. The lowest BCUT2D eigenvalue weighted by molar-refractivity contribution is -0.149. The highest BCUT2D eigenvalue weighted by molar-refractivity contribution is 6.30. The van der Waals surface area contributed by atoms with Gasteiger partial charge in [0, 0.05) is 18.7 Å². The van der Waals surface area contributed by atoms with Crippen LogP contribution >= 0.6 is 11.6 Å². The molecule has 0 spiro atoms. The number of aromatic nitrogens is 3. The highest BCUT2D eigenvalue weighted by Gasteiger charge is 2.43. The second kappa shape index (κ2) is 7.62. The van der Waals surface area contributed by atoms with E-state index in [1.54, 1.807) is 22.3 Å². The van der Waals surface area contributed by atoms with Crippen LogP contribution in [0.15, 0.2) is 22.9 Å². The van der Waals surface area contributed by atoms with Crippen LogP contribution in [0.3, 0.4) is 0 Å². The van der Waals surface area contributed by atoms with Gasteiger partial charge >= 0.3 is 0 Å². The van der Waals surface area contributed by atoms with Gasteiger partial charge in [0.1, 0.15) is 18.7 Å². The summed E-state index contributed by atoms with van der Waals surface area (Å²) in [6.07, 6.45) is 2.22. The molecule has 0 saturated carbocycles. The minimum atomic E-state index is -0.220. The van der Waals surface area contributed by atoms with E-state index >= 15 is 0 Å². The minimum Gasteiger partial charge on any atom is -0.371 e. The van der Waals surface area contributed by atoms with Crippen molar-refractivity contribution in [2.75, 3.05) is 19.8 Å². The van der Waals surface area contributed by atoms with E-state index in [9.17, 15) is 4.79 Å². The Balaban J connectivity index is 1.22. The average molecular weight is 420 g/mol. The molecule has 0 radical (unpaired) electrons. The van der Waals surface area contributed by atoms with E-state index in [1.165, 1.54) is 0 Å². The fraction of sp³-hybridized carbons (Fsp3) is 0.556. The standard InChI is InChI=1S/C18H22ClN7O3/c1-10-5-21-26-16(10)18(27)25(9-22-26)7-15-23-17(24-29-15)11-4-14(28-8-11)13-3-2-12(19)6-20-13/h2-3,6,10-11,14,16,21-22H,4-5,7-9H2,1H3/t10?,11-,14+,16?/m0/s1. The summed E-state index contributed by atoms with van der Waals surface area (Å²) in [4.78, 5) is 23.3. The molecule has 1 amide bonds. The van der Waals surface area contributed by atoms with Crippen molar-refractivity contribution in [3.63, 3.8) is 0 Å². The largest absolute Gasteiger partial charge is 0.371 e. The van der Waals surface area contributed by atoms with Crippen molar-refractivity contribution in [2.45, 2.75) is 38.0 Å². The maximum Gasteiger partial charge on any atom is 0.246 e. The summed E-state index contributed by atoms with van der Waals surface area (Å²) in [6, 6.07) is 3.45. The predicted octanol–water partition coefficient (Wildman–Crippen LogP) is 0.992. The van der Waals surface area contributed by atoms with E-state index in [0.717, 1.165) is 18.7 Å². The summed E-state index contributed by atoms with van der Waals surface area (Å²) < 4.78 is 11.3. The van der Waals surface area contributed by atoms with E-state index in [0.29, 0.717) is 30.0 Å². The molecule has 5 heterocycles. The number of hydrazine groups is 2. The number of hydrogen-bond acceptors (Lipinski definition) is 9. The third-order valence-corrected chi connectivity index (χ3v) is 5.87. The molecule has 29 heavy (non-hydrogen) atoms. The van der Waals surface area contributed by atoms with E-state index in [2.05, 4.69) is 32.9 Å². The van der Waals surface area contributed by atoms with Gasteiger partial charge in [0.15, 0.2) is 5.82 Å². The number of pyridine rings is 1. The zero-order valence-electron chi connectivity index (χ0n) is 15.9. The van der Waals surface area contributed by atoms with Crippen LogP contribution < -0.4 is 10.9 Å². The maximum atomic E-state index is 12.8. The van der Waals surface area contributed by atoms with Crippen LogP contribution in [0, 0.1) is 5.92 Å². The summed E-state index contributed by atoms with van der Waals surface area (Å²) in [5.74, 6) is 1.34. The van der Waals surface area contributed by atoms with Crippen molar-refractivity contribution >= 4 is 17.5 Å². The number of carbonyl (C=O) groups excluding carboxylic acids is 1. The normalized spacial score (nSPS) is 30.1. The lowest BCUT2D eigenvalue weighted by Gasteiger charge is -2.37. The van der Waals surface area contributed by atoms with Crippen LogP contribution in [0.4, 0.5) is 0 Å². The molecule has 154 valence electrons. The summed E-state index contributed by atoms with van der Waals surface area (Å²) >= 11 is 5.90. The molecule has 2 aromatic heterocycles. The van der Waals surface area contributed by atoms with Crippen LogP contribution in [0.5, 0.6) is 0 Å². The van der Waals surface area contributed by atoms with Crippen LogP contribution in [0.25, 0.3) is 0 Å². The summed E-state index contributed by atoms with van der Waals surface area (Å²) in [5, 5.41) is 6.51. The highest BCUT2D eigenvalue weighted by Crippen LogP contribution is 2.36. The molecular formula is C18H22ClN7O3. The third kappa shape index (κ3) is 3.62. The quantitative estimate of drug-likeness (QED) is 0.749. The first-order valence-corrected chi connectivity index (χ1v) is 10.1. The molecule has 11 heteroatoms. The smallest absolute Gasteiger partial charge is 0.246 e. The molecule has 2 aromatic rings. The lowest BCUT2D eigenvalue weighted by Crippen LogP contribution is -2.63. The molecule has 3 aliphatic heterocycles. The van der Waals surface area contributed by atoms with Gasteiger partial charge in [-0.3, -0.25) is 9.78 Å². The van der Waals surface area contributed by atoms with Gasteiger partial charge in [0.05, 0.1) is 24.0 Å². The summed E-state index contributed by atoms with van der Waals surface area (Å²) in [5.41, 5.74) is 7.23. The van der Waals surface area contributed by atoms with Gasteiger partial charge in [-0.2, -0.15) is 10.1 Å². The van der Waals surface area contributed by atoms with Crippen molar-refractivity contribution in [1.29, 1.82) is 0 Å². The number of hydrogen-bond donors (Lipinski definition) is 2.